The van der Waals surface area contributed by atoms with E-state index in [2.05, 4.69) is 39.3 Å². The number of thioether (sulfide) groups is 1. The summed E-state index contributed by atoms with van der Waals surface area (Å²) in [6.07, 6.45) is 8.11. The third-order valence-electron chi connectivity index (χ3n) is 5.23. The smallest absolute Gasteiger partial charge is 0.171 e. The van der Waals surface area contributed by atoms with Gasteiger partial charge in [0.15, 0.2) is 11.4 Å². The van der Waals surface area contributed by atoms with E-state index in [1.54, 1.807) is 24.2 Å². The second-order valence-electron chi connectivity index (χ2n) is 8.31. The summed E-state index contributed by atoms with van der Waals surface area (Å²) in [6.45, 7) is 7.98. The van der Waals surface area contributed by atoms with E-state index >= 15 is 0 Å². The number of fused-ring (bicyclic) bond motifs is 1. The Kier molecular flexibility index (Phi) is 4.91. The molecule has 0 radical (unpaired) electrons. The second-order valence-corrected chi connectivity index (χ2v) is 9.16. The Morgan fingerprint density at radius 3 is 2.64 bits per heavy atom. The molecule has 0 aliphatic carbocycles. The van der Waals surface area contributed by atoms with Crippen LogP contribution in [0.25, 0.3) is 22.4 Å². The van der Waals surface area contributed by atoms with Crippen LogP contribution in [0.5, 0.6) is 0 Å². The largest absolute Gasteiger partial charge is 0.371 e. The van der Waals surface area contributed by atoms with E-state index in [4.69, 9.17) is 4.98 Å². The van der Waals surface area contributed by atoms with Crippen molar-refractivity contribution < 1.29 is 4.79 Å². The van der Waals surface area contributed by atoms with Crippen LogP contribution in [0.3, 0.4) is 0 Å². The topological polar surface area (TPSA) is 61.9 Å². The molecule has 5 nitrogen and oxygen atoms in total. The van der Waals surface area contributed by atoms with Crippen molar-refractivity contribution in [1.29, 1.82) is 0 Å². The molecule has 146 valence electrons. The number of aromatic nitrogens is 3. The van der Waals surface area contributed by atoms with Gasteiger partial charge < -0.3 is 9.88 Å². The molecule has 0 atom stereocenters. The zero-order chi connectivity index (χ0) is 19.9. The number of nitrogens with zero attached hydrogens (tertiary/aromatic N) is 3. The minimum Gasteiger partial charge on any atom is -0.371 e. The number of aromatic amines is 1. The third kappa shape index (κ3) is 3.41. The zero-order valence-electron chi connectivity index (χ0n) is 16.9. The van der Waals surface area contributed by atoms with Gasteiger partial charge in [-0.3, -0.25) is 4.79 Å². The van der Waals surface area contributed by atoms with Gasteiger partial charge in [0.1, 0.15) is 5.52 Å². The molecule has 1 fully saturated rings. The van der Waals surface area contributed by atoms with E-state index < -0.39 is 5.41 Å². The molecule has 0 spiro atoms. The van der Waals surface area contributed by atoms with E-state index in [0.29, 0.717) is 16.7 Å². The molecule has 4 rings (SSSR count). The summed E-state index contributed by atoms with van der Waals surface area (Å²) in [7, 11) is 0. The van der Waals surface area contributed by atoms with Crippen molar-refractivity contribution >= 4 is 34.4 Å². The number of nitrogens with one attached hydrogen (secondary N) is 1. The predicted molar refractivity (Wildman–Crippen MR) is 116 cm³/mol. The molecular weight excluding hydrogens is 368 g/mol. The summed E-state index contributed by atoms with van der Waals surface area (Å²) in [6, 6.07) is 6.47. The molecule has 0 saturated carbocycles. The van der Waals surface area contributed by atoms with Crippen LogP contribution in [0.4, 0.5) is 5.69 Å². The molecule has 3 aromatic rings. The Morgan fingerprint density at radius 2 is 1.96 bits per heavy atom. The van der Waals surface area contributed by atoms with Gasteiger partial charge in [-0.2, -0.15) is 0 Å². The van der Waals surface area contributed by atoms with Crippen molar-refractivity contribution in [2.45, 2.75) is 38.5 Å². The van der Waals surface area contributed by atoms with Gasteiger partial charge in [-0.1, -0.05) is 26.8 Å². The molecule has 1 aliphatic heterocycles. The van der Waals surface area contributed by atoms with Gasteiger partial charge in [0.25, 0.3) is 0 Å². The maximum atomic E-state index is 12.8. The van der Waals surface area contributed by atoms with E-state index in [9.17, 15) is 4.79 Å². The number of anilines is 1. The fourth-order valence-corrected chi connectivity index (χ4v) is 4.26. The van der Waals surface area contributed by atoms with Gasteiger partial charge in [-0.15, -0.1) is 11.8 Å². The highest BCUT2D eigenvalue weighted by Crippen LogP contribution is 2.35. The number of carbonyl (C=O) groups is 1. The number of rotatable bonds is 4. The van der Waals surface area contributed by atoms with E-state index in [1.807, 2.05) is 20.8 Å². The molecular formula is C22H26N4OS. The maximum absolute atomic E-state index is 12.8. The fourth-order valence-electron chi connectivity index (χ4n) is 3.66. The summed E-state index contributed by atoms with van der Waals surface area (Å²) in [5.41, 5.74) is 4.54. The number of hydrogen-bond acceptors (Lipinski definition) is 5. The van der Waals surface area contributed by atoms with Crippen molar-refractivity contribution in [1.82, 2.24) is 15.0 Å². The first-order valence-electron chi connectivity index (χ1n) is 9.71. The monoisotopic (exact) mass is 394 g/mol. The molecule has 0 unspecified atom stereocenters. The van der Waals surface area contributed by atoms with Crippen molar-refractivity contribution in [2.75, 3.05) is 24.2 Å². The van der Waals surface area contributed by atoms with Crippen molar-refractivity contribution in [3.8, 4) is 11.3 Å². The first-order valence-corrected chi connectivity index (χ1v) is 10.9. The van der Waals surface area contributed by atoms with Gasteiger partial charge in [-0.05, 0) is 31.2 Å². The Morgan fingerprint density at radius 1 is 1.21 bits per heavy atom. The fraction of sp³-hybridized carbons (Fsp3) is 0.409. The molecule has 1 N–H and O–H groups in total. The Labute approximate surface area is 170 Å². The number of benzene rings is 1. The zero-order valence-corrected chi connectivity index (χ0v) is 17.7. The lowest BCUT2D eigenvalue weighted by Crippen LogP contribution is -2.20. The predicted octanol–water partition coefficient (Wildman–Crippen LogP) is 5.18. The van der Waals surface area contributed by atoms with Gasteiger partial charge in [-0.25, -0.2) is 9.97 Å². The Hall–Kier alpha value is -2.34. The first kappa shape index (κ1) is 19.0. The van der Waals surface area contributed by atoms with Crippen LogP contribution in [0.1, 0.15) is 44.0 Å². The third-order valence-corrected chi connectivity index (χ3v) is 6.01. The SMILES string of the molecule is CSc1ccc(-c2cnc3[nH]cc(C(=O)C(C)(C)C)c3n2)cc1N1CCCC1. The summed E-state index contributed by atoms with van der Waals surface area (Å²) in [5, 5.41) is 0. The number of H-pyrrole nitrogens is 1. The van der Waals surface area contributed by atoms with Gasteiger partial charge in [0.2, 0.25) is 0 Å². The van der Waals surface area contributed by atoms with Crippen molar-refractivity contribution in [3.05, 3.63) is 36.2 Å². The summed E-state index contributed by atoms with van der Waals surface area (Å²) in [4.78, 5) is 29.0. The molecule has 1 saturated heterocycles. The minimum atomic E-state index is -0.463. The minimum absolute atomic E-state index is 0.0701. The van der Waals surface area contributed by atoms with Gasteiger partial charge in [0, 0.05) is 35.2 Å². The average molecular weight is 395 g/mol. The van der Waals surface area contributed by atoms with Crippen molar-refractivity contribution in [2.24, 2.45) is 5.41 Å². The maximum Gasteiger partial charge on any atom is 0.171 e. The lowest BCUT2D eigenvalue weighted by Gasteiger charge is -2.21. The first-order chi connectivity index (χ1) is 13.4. The number of Topliss-reactive ketones (excluding diaryl/α,β-unsaturated/α-hetero) is 1. The van der Waals surface area contributed by atoms with E-state index in [-0.39, 0.29) is 5.78 Å². The molecule has 3 heterocycles. The normalized spacial score (nSPS) is 14.8. The molecule has 28 heavy (non-hydrogen) atoms. The molecule has 1 aromatic carbocycles. The number of hydrogen-bond donors (Lipinski definition) is 1. The van der Waals surface area contributed by atoms with Crippen LogP contribution in [0.15, 0.2) is 35.5 Å². The van der Waals surface area contributed by atoms with Crippen LogP contribution in [-0.4, -0.2) is 40.1 Å². The summed E-state index contributed by atoms with van der Waals surface area (Å²) < 4.78 is 0. The molecule has 0 amide bonds. The van der Waals surface area contributed by atoms with Crippen molar-refractivity contribution in [3.63, 3.8) is 0 Å². The van der Waals surface area contributed by atoms with Gasteiger partial charge in [0.05, 0.1) is 23.1 Å². The Balaban J connectivity index is 1.79. The average Bonchev–Trinajstić information content (AvgIpc) is 3.35. The summed E-state index contributed by atoms with van der Waals surface area (Å²) >= 11 is 1.77. The van der Waals surface area contributed by atoms with Crippen LogP contribution >= 0.6 is 11.8 Å². The second kappa shape index (κ2) is 7.24. The standard InChI is InChI=1S/C22H26N4OS/c1-22(2,3)20(27)15-12-23-21-19(15)25-16(13-24-21)14-7-8-18(28-4)17(11-14)26-9-5-6-10-26/h7-8,11-13H,5-6,9-10H2,1-4H3,(H,23,24). The molecule has 2 aromatic heterocycles. The highest BCUT2D eigenvalue weighted by atomic mass is 32.2. The lowest BCUT2D eigenvalue weighted by molar-refractivity contribution is 0.0860. The van der Waals surface area contributed by atoms with Crippen LogP contribution in [0, 0.1) is 5.41 Å². The number of ketones is 1. The van der Waals surface area contributed by atoms with Gasteiger partial charge >= 0.3 is 0 Å². The lowest BCUT2D eigenvalue weighted by atomic mass is 9.87. The number of carbonyl (C=O) groups excluding carboxylic acids is 1. The highest BCUT2D eigenvalue weighted by molar-refractivity contribution is 7.98. The van der Waals surface area contributed by atoms with E-state index in [1.165, 1.54) is 23.4 Å². The van der Waals surface area contributed by atoms with Crippen LogP contribution in [0.2, 0.25) is 0 Å². The summed E-state index contributed by atoms with van der Waals surface area (Å²) in [5.74, 6) is 0.0701. The molecule has 6 heteroatoms. The van der Waals surface area contributed by atoms with Crippen LogP contribution in [-0.2, 0) is 0 Å². The molecule has 1 aliphatic rings. The van der Waals surface area contributed by atoms with E-state index in [0.717, 1.165) is 24.3 Å². The molecule has 0 bridgehead atoms. The Bertz CT molecular complexity index is 1030. The quantitative estimate of drug-likeness (QED) is 0.488. The van der Waals surface area contributed by atoms with Crippen LogP contribution < -0.4 is 4.90 Å². The highest BCUT2D eigenvalue weighted by Gasteiger charge is 2.26.